The summed E-state index contributed by atoms with van der Waals surface area (Å²) in [6.07, 6.45) is 1.88. The molecule has 0 aromatic rings. The Morgan fingerprint density at radius 3 is 0.760 bits per heavy atom. The monoisotopic (exact) mass is 396 g/mol. The smallest absolute Gasteiger partial charge is 0.852 e. The molecule has 7 heteroatoms. The number of aliphatic carboxylic acids is 2. The summed E-state index contributed by atoms with van der Waals surface area (Å²) in [5, 5.41) is 39.2. The van der Waals surface area contributed by atoms with Crippen LogP contribution in [-0.4, -0.2) is 24.1 Å². The van der Waals surface area contributed by atoms with Gasteiger partial charge >= 0.3 is 21.7 Å². The second-order valence-electron chi connectivity index (χ2n) is 5.76. The molecule has 0 unspecified atom stereocenters. The van der Waals surface area contributed by atoms with E-state index in [1.165, 1.54) is 0 Å². The molecule has 0 aliphatic rings. The Morgan fingerprint density at radius 1 is 0.640 bits per heavy atom. The second kappa shape index (κ2) is 25.8. The van der Waals surface area contributed by atoms with Crippen molar-refractivity contribution < 1.29 is 51.7 Å². The molecule has 0 spiro atoms. The van der Waals surface area contributed by atoms with E-state index >= 15 is 0 Å². The van der Waals surface area contributed by atoms with Gasteiger partial charge in [-0.05, 0) is 37.5 Å². The van der Waals surface area contributed by atoms with Crippen molar-refractivity contribution in [2.24, 2.45) is 11.8 Å². The summed E-state index contributed by atoms with van der Waals surface area (Å²) >= 11 is 0. The van der Waals surface area contributed by atoms with Crippen LogP contribution in [0.15, 0.2) is 0 Å². The zero-order valence-corrected chi connectivity index (χ0v) is 18.6. The fourth-order valence-corrected chi connectivity index (χ4v) is 1.24. The average molecular weight is 396 g/mol. The fourth-order valence-electron chi connectivity index (χ4n) is 1.24. The molecule has 0 heterocycles. The van der Waals surface area contributed by atoms with Crippen molar-refractivity contribution in [2.45, 2.75) is 93.3 Å². The summed E-state index contributed by atoms with van der Waals surface area (Å²) in [5.41, 5.74) is 0. The number of hydrogen-bond donors (Lipinski definition) is 0. The molecule has 25 heavy (non-hydrogen) atoms. The molecule has 0 radical (unpaired) electrons. The maximum atomic E-state index is 10.1. The minimum Gasteiger partial charge on any atom is -0.852 e. The molecule has 0 amide bonds. The summed E-state index contributed by atoms with van der Waals surface area (Å²) in [6.45, 7) is 13.8. The van der Waals surface area contributed by atoms with Gasteiger partial charge < -0.3 is 30.0 Å². The summed E-state index contributed by atoms with van der Waals surface area (Å²) in [7, 11) is 0. The largest absolute Gasteiger partial charge is 4.00 e. The first-order chi connectivity index (χ1) is 10.9. The van der Waals surface area contributed by atoms with Crippen molar-refractivity contribution in [3.8, 4) is 0 Å². The van der Waals surface area contributed by atoms with Crippen molar-refractivity contribution >= 4 is 11.9 Å². The van der Waals surface area contributed by atoms with Gasteiger partial charge in [0, 0.05) is 11.9 Å². The Balaban J connectivity index is -0.0000000739. The molecule has 6 nitrogen and oxygen atoms in total. The van der Waals surface area contributed by atoms with Gasteiger partial charge in [0.25, 0.3) is 0 Å². The van der Waals surface area contributed by atoms with Crippen LogP contribution < -0.4 is 20.4 Å². The molecule has 148 valence electrons. The number of rotatable bonds is 6. The Bertz CT molecular complexity index is 241. The van der Waals surface area contributed by atoms with E-state index in [0.29, 0.717) is 25.7 Å². The third kappa shape index (κ3) is 45.2. The van der Waals surface area contributed by atoms with Crippen molar-refractivity contribution in [1.29, 1.82) is 0 Å². The van der Waals surface area contributed by atoms with Gasteiger partial charge in [-0.3, -0.25) is 0 Å². The van der Waals surface area contributed by atoms with Crippen LogP contribution in [0.4, 0.5) is 0 Å². The first-order valence-corrected chi connectivity index (χ1v) is 8.64. The van der Waals surface area contributed by atoms with Gasteiger partial charge in [-0.15, -0.1) is 12.2 Å². The topological polar surface area (TPSA) is 126 Å². The number of carboxylic acid groups (broad SMARTS) is 2. The van der Waals surface area contributed by atoms with Gasteiger partial charge in [0.1, 0.15) is 0 Å². The minimum absolute atomic E-state index is 0. The predicted molar refractivity (Wildman–Crippen MR) is 88.4 cm³/mol. The molecule has 0 aromatic heterocycles. The van der Waals surface area contributed by atoms with Crippen LogP contribution in [-0.2, 0) is 31.3 Å². The predicted octanol–water partition coefficient (Wildman–Crippen LogP) is -0.147. The minimum atomic E-state index is -0.921. The van der Waals surface area contributed by atoms with E-state index in [0.717, 1.165) is 0 Å². The van der Waals surface area contributed by atoms with Crippen LogP contribution in [0.25, 0.3) is 0 Å². The van der Waals surface area contributed by atoms with Crippen LogP contribution in [0.3, 0.4) is 0 Å². The number of carbonyl (C=O) groups excluding carboxylic acids is 2. The second-order valence-corrected chi connectivity index (χ2v) is 5.76. The normalized spacial score (nSPS) is 9.20. The standard InChI is InChI=1S/2C6H12O2.2C3H7O.Ti/c2*1-3-5(4-2)6(7)8;2*1-3(2)4;/h2*5H,3-4H2,1-2H3,(H,7,8);2*3H,1-2H3;/q;;2*-1;+4/p-2. The van der Waals surface area contributed by atoms with E-state index in [1.54, 1.807) is 27.7 Å². The molecule has 0 aliphatic carbocycles. The zero-order chi connectivity index (χ0) is 20.3. The fraction of sp³-hybridized carbons (Fsp3) is 0.889. The molecule has 0 saturated carbocycles. The molecule has 0 N–H and O–H groups in total. The Hall–Kier alpha value is -0.426. The first kappa shape index (κ1) is 35.6. The van der Waals surface area contributed by atoms with Gasteiger partial charge in [-0.1, -0.05) is 55.4 Å². The van der Waals surface area contributed by atoms with Crippen LogP contribution in [0.1, 0.15) is 81.1 Å². The van der Waals surface area contributed by atoms with Crippen LogP contribution in [0, 0.1) is 11.8 Å². The van der Waals surface area contributed by atoms with Gasteiger partial charge in [0.05, 0.1) is 0 Å². The Labute approximate surface area is 168 Å². The van der Waals surface area contributed by atoms with Crippen molar-refractivity contribution in [2.75, 3.05) is 0 Å². The first-order valence-electron chi connectivity index (χ1n) is 8.64. The van der Waals surface area contributed by atoms with Gasteiger partial charge in [0.15, 0.2) is 0 Å². The average Bonchev–Trinajstić information content (AvgIpc) is 2.40. The van der Waals surface area contributed by atoms with Gasteiger partial charge in [-0.25, -0.2) is 0 Å². The summed E-state index contributed by atoms with van der Waals surface area (Å²) in [4.78, 5) is 20.1. The van der Waals surface area contributed by atoms with E-state index in [9.17, 15) is 30.0 Å². The molecule has 0 rings (SSSR count). The summed E-state index contributed by atoms with van der Waals surface area (Å²) in [5.74, 6) is -2.32. The quantitative estimate of drug-likeness (QED) is 0.575. The zero-order valence-electron chi connectivity index (χ0n) is 17.1. The van der Waals surface area contributed by atoms with E-state index in [4.69, 9.17) is 0 Å². The third-order valence-corrected chi connectivity index (χ3v) is 2.64. The number of carbonyl (C=O) groups is 2. The molecule has 0 fully saturated rings. The van der Waals surface area contributed by atoms with Crippen LogP contribution in [0.5, 0.6) is 0 Å². The van der Waals surface area contributed by atoms with Crippen molar-refractivity contribution in [1.82, 2.24) is 0 Å². The van der Waals surface area contributed by atoms with Crippen LogP contribution in [0.2, 0.25) is 0 Å². The maximum absolute atomic E-state index is 10.1. The SMILES string of the molecule is CC(C)[O-].CC(C)[O-].CCC(CC)C(=O)[O-].CCC(CC)C(=O)[O-].[Ti+4]. The van der Waals surface area contributed by atoms with E-state index in [2.05, 4.69) is 0 Å². The van der Waals surface area contributed by atoms with E-state index in [1.807, 2.05) is 27.7 Å². The Morgan fingerprint density at radius 2 is 0.760 bits per heavy atom. The molecule has 0 atom stereocenters. The Kier molecular flexibility index (Phi) is 36.8. The van der Waals surface area contributed by atoms with Gasteiger partial charge in [0.2, 0.25) is 0 Å². The molecule has 0 bridgehead atoms. The molecular weight excluding hydrogens is 360 g/mol. The molecular formula is C18H36O6Ti. The third-order valence-electron chi connectivity index (χ3n) is 2.64. The maximum Gasteiger partial charge on any atom is 4.00 e. The van der Waals surface area contributed by atoms with Crippen LogP contribution >= 0.6 is 0 Å². The molecule has 0 aromatic carbocycles. The van der Waals surface area contributed by atoms with Gasteiger partial charge in [-0.2, -0.15) is 0 Å². The van der Waals surface area contributed by atoms with Crippen molar-refractivity contribution in [3.05, 3.63) is 0 Å². The summed E-state index contributed by atoms with van der Waals surface area (Å²) in [6, 6.07) is 0. The number of carboxylic acids is 2. The number of hydrogen-bond acceptors (Lipinski definition) is 6. The van der Waals surface area contributed by atoms with E-state index < -0.39 is 24.1 Å². The van der Waals surface area contributed by atoms with E-state index in [-0.39, 0.29) is 33.6 Å². The molecule has 0 aliphatic heterocycles. The molecule has 0 saturated heterocycles. The van der Waals surface area contributed by atoms with Crippen molar-refractivity contribution in [3.63, 3.8) is 0 Å². The summed E-state index contributed by atoms with van der Waals surface area (Å²) < 4.78 is 0.